The van der Waals surface area contributed by atoms with Crippen LogP contribution in [0.1, 0.15) is 31.8 Å². The molecule has 1 aliphatic rings. The number of hydrogen-bond donors (Lipinski definition) is 1. The molecule has 0 aromatic heterocycles. The highest BCUT2D eigenvalue weighted by molar-refractivity contribution is 6.56. The molecule has 132 valence electrons. The Hall–Kier alpha value is -1.50. The van der Waals surface area contributed by atoms with Gasteiger partial charge in [0.25, 0.3) is 0 Å². The fraction of sp³-hybridized carbons (Fsp3) is 0.556. The second kappa shape index (κ2) is 8.56. The Kier molecular flexibility index (Phi) is 6.72. The summed E-state index contributed by atoms with van der Waals surface area (Å²) in [6, 6.07) is 5.39. The predicted octanol–water partition coefficient (Wildman–Crippen LogP) is 3.21. The lowest BCUT2D eigenvalue weighted by Gasteiger charge is -2.23. The van der Waals surface area contributed by atoms with E-state index in [1.807, 2.05) is 24.3 Å². The first-order chi connectivity index (χ1) is 11.6. The monoisotopic (exact) mass is 333 g/mol. The van der Waals surface area contributed by atoms with Gasteiger partial charge in [-0.2, -0.15) is 0 Å². The second-order valence-corrected chi connectivity index (χ2v) is 6.42. The van der Waals surface area contributed by atoms with E-state index in [-0.39, 0.29) is 31.6 Å². The van der Waals surface area contributed by atoms with Gasteiger partial charge in [-0.3, -0.25) is 0 Å². The average Bonchev–Trinajstić information content (AvgIpc) is 2.91. The smallest absolute Gasteiger partial charge is 0.335 e. The normalized spacial score (nSPS) is 23.6. The lowest BCUT2D eigenvalue weighted by molar-refractivity contribution is 0.0727. The van der Waals surface area contributed by atoms with Crippen molar-refractivity contribution in [2.75, 3.05) is 21.0 Å². The van der Waals surface area contributed by atoms with Crippen molar-refractivity contribution in [3.05, 3.63) is 36.4 Å². The molecule has 0 spiro atoms. The third-order valence-electron chi connectivity index (χ3n) is 4.46. The first-order valence-electron chi connectivity index (χ1n) is 8.37. The molecule has 2 rings (SSSR count). The van der Waals surface area contributed by atoms with Crippen LogP contribution in [0.5, 0.6) is 11.5 Å². The first kappa shape index (κ1) is 18.8. The predicted molar refractivity (Wildman–Crippen MR) is 96.5 cm³/mol. The van der Waals surface area contributed by atoms with Gasteiger partial charge < -0.3 is 24.6 Å². The van der Waals surface area contributed by atoms with Crippen molar-refractivity contribution in [1.29, 1.82) is 0 Å². The molecule has 2 N–H and O–H groups in total. The largest absolute Gasteiger partial charge is 0.496 e. The standard InChI is InChI=1S/C18H28BNO4/c1-6-14-13(10-12(2)3)19(23-11-20)18(24-14)17-15(21-4)8-7-9-16(17)22-5/h6-9,12-14,18H,1,10-11,20H2,2-5H3/t13?,14-,18?/m0/s1. The average molecular weight is 333 g/mol. The Bertz CT molecular complexity index is 530. The molecule has 0 saturated carbocycles. The summed E-state index contributed by atoms with van der Waals surface area (Å²) < 4.78 is 23.3. The van der Waals surface area contributed by atoms with Gasteiger partial charge in [0.05, 0.1) is 38.6 Å². The Morgan fingerprint density at radius 3 is 2.38 bits per heavy atom. The van der Waals surface area contributed by atoms with E-state index in [1.54, 1.807) is 14.2 Å². The van der Waals surface area contributed by atoms with Gasteiger partial charge >= 0.3 is 6.92 Å². The van der Waals surface area contributed by atoms with E-state index in [1.165, 1.54) is 0 Å². The van der Waals surface area contributed by atoms with Gasteiger partial charge in [0.15, 0.2) is 0 Å². The van der Waals surface area contributed by atoms with Crippen molar-refractivity contribution < 1.29 is 18.9 Å². The molecule has 0 bridgehead atoms. The van der Waals surface area contributed by atoms with E-state index in [2.05, 4.69) is 20.4 Å². The minimum absolute atomic E-state index is 0.0939. The minimum atomic E-state index is -0.314. The Labute approximate surface area is 145 Å². The van der Waals surface area contributed by atoms with Gasteiger partial charge in [-0.1, -0.05) is 26.0 Å². The van der Waals surface area contributed by atoms with Crippen molar-refractivity contribution in [1.82, 2.24) is 0 Å². The number of ether oxygens (including phenoxy) is 3. The van der Waals surface area contributed by atoms with Gasteiger partial charge in [-0.05, 0) is 30.3 Å². The fourth-order valence-electron chi connectivity index (χ4n) is 3.52. The molecule has 1 fully saturated rings. The van der Waals surface area contributed by atoms with Crippen LogP contribution in [0.4, 0.5) is 0 Å². The molecule has 1 aliphatic heterocycles. The van der Waals surface area contributed by atoms with Crippen LogP contribution in [0.15, 0.2) is 30.9 Å². The van der Waals surface area contributed by atoms with Crippen molar-refractivity contribution in [3.8, 4) is 11.5 Å². The highest BCUT2D eigenvalue weighted by Crippen LogP contribution is 2.48. The quantitative estimate of drug-likeness (QED) is 0.450. The fourth-order valence-corrected chi connectivity index (χ4v) is 3.52. The summed E-state index contributed by atoms with van der Waals surface area (Å²) in [6.45, 7) is 8.28. The van der Waals surface area contributed by atoms with E-state index >= 15 is 0 Å². The number of benzene rings is 1. The summed E-state index contributed by atoms with van der Waals surface area (Å²) in [5.74, 6) is 2.14. The third-order valence-corrected chi connectivity index (χ3v) is 4.46. The van der Waals surface area contributed by atoms with Gasteiger partial charge in [0.2, 0.25) is 0 Å². The van der Waals surface area contributed by atoms with Crippen molar-refractivity contribution in [2.45, 2.75) is 38.2 Å². The molecule has 1 heterocycles. The molecule has 1 aromatic rings. The molecule has 1 aromatic carbocycles. The summed E-state index contributed by atoms with van der Waals surface area (Å²) in [6.07, 6.45) is 2.72. The molecular formula is C18H28BNO4. The van der Waals surface area contributed by atoms with Crippen molar-refractivity contribution in [2.24, 2.45) is 11.7 Å². The molecule has 1 saturated heterocycles. The van der Waals surface area contributed by atoms with Crippen LogP contribution in [-0.4, -0.2) is 34.0 Å². The maximum absolute atomic E-state index is 6.30. The second-order valence-electron chi connectivity index (χ2n) is 6.42. The van der Waals surface area contributed by atoms with Crippen LogP contribution in [0.3, 0.4) is 0 Å². The van der Waals surface area contributed by atoms with Crippen LogP contribution < -0.4 is 15.2 Å². The van der Waals surface area contributed by atoms with Crippen LogP contribution in [0.2, 0.25) is 5.82 Å². The van der Waals surface area contributed by atoms with E-state index in [4.69, 9.17) is 24.6 Å². The highest BCUT2D eigenvalue weighted by atomic mass is 16.5. The number of methoxy groups -OCH3 is 2. The summed E-state index contributed by atoms with van der Waals surface area (Å²) >= 11 is 0. The van der Waals surface area contributed by atoms with E-state index in [0.29, 0.717) is 5.92 Å². The molecule has 0 amide bonds. The third kappa shape index (κ3) is 3.77. The van der Waals surface area contributed by atoms with E-state index in [9.17, 15) is 0 Å². The Morgan fingerprint density at radius 2 is 1.92 bits per heavy atom. The molecule has 0 radical (unpaired) electrons. The summed E-state index contributed by atoms with van der Waals surface area (Å²) in [5.41, 5.74) is 6.56. The van der Waals surface area contributed by atoms with Gasteiger partial charge in [0.1, 0.15) is 11.5 Å². The van der Waals surface area contributed by atoms with Crippen molar-refractivity contribution >= 4 is 6.92 Å². The first-order valence-corrected chi connectivity index (χ1v) is 8.37. The van der Waals surface area contributed by atoms with Gasteiger partial charge in [0, 0.05) is 0 Å². The lowest BCUT2D eigenvalue weighted by Crippen LogP contribution is -2.32. The van der Waals surface area contributed by atoms with Crippen LogP contribution in [0, 0.1) is 5.92 Å². The van der Waals surface area contributed by atoms with Crippen LogP contribution >= 0.6 is 0 Å². The summed E-state index contributed by atoms with van der Waals surface area (Å²) in [7, 11) is 3.28. The summed E-state index contributed by atoms with van der Waals surface area (Å²) in [5, 5.41) is 0. The van der Waals surface area contributed by atoms with Gasteiger partial charge in [-0.25, -0.2) is 0 Å². The lowest BCUT2D eigenvalue weighted by atomic mass is 9.49. The zero-order valence-electron chi connectivity index (χ0n) is 15.0. The Balaban J connectivity index is 2.46. The molecule has 0 aliphatic carbocycles. The zero-order valence-corrected chi connectivity index (χ0v) is 15.0. The molecule has 5 nitrogen and oxygen atoms in total. The topological polar surface area (TPSA) is 62.9 Å². The number of hydrogen-bond acceptors (Lipinski definition) is 5. The SMILES string of the molecule is C=C[C@@H]1OC(c2c(OC)cccc2OC)B(OCN)C1CC(C)C. The molecule has 3 atom stereocenters. The van der Waals surface area contributed by atoms with E-state index < -0.39 is 0 Å². The molecule has 6 heteroatoms. The highest BCUT2D eigenvalue weighted by Gasteiger charge is 2.50. The molecular weight excluding hydrogens is 305 g/mol. The van der Waals surface area contributed by atoms with Crippen LogP contribution in [-0.2, 0) is 9.39 Å². The summed E-state index contributed by atoms with van der Waals surface area (Å²) in [4.78, 5) is 0. The van der Waals surface area contributed by atoms with Crippen molar-refractivity contribution in [3.63, 3.8) is 0 Å². The minimum Gasteiger partial charge on any atom is -0.496 e. The number of rotatable bonds is 8. The maximum atomic E-state index is 6.30. The maximum Gasteiger partial charge on any atom is 0.335 e. The van der Waals surface area contributed by atoms with Gasteiger partial charge in [-0.15, -0.1) is 6.58 Å². The number of nitrogens with two attached hydrogens (primary N) is 1. The Morgan fingerprint density at radius 1 is 1.29 bits per heavy atom. The van der Waals surface area contributed by atoms with Crippen LogP contribution in [0.25, 0.3) is 0 Å². The van der Waals surface area contributed by atoms with E-state index in [0.717, 1.165) is 23.5 Å². The molecule has 2 unspecified atom stereocenters. The zero-order chi connectivity index (χ0) is 17.7. The molecule has 24 heavy (non-hydrogen) atoms.